The Balaban J connectivity index is 1.92. The lowest BCUT2D eigenvalue weighted by Crippen LogP contribution is -2.14. The summed E-state index contributed by atoms with van der Waals surface area (Å²) in [5.41, 5.74) is 1.79. The molecule has 0 spiro atoms. The van der Waals surface area contributed by atoms with E-state index < -0.39 is 0 Å². The van der Waals surface area contributed by atoms with Gasteiger partial charge in [0.1, 0.15) is 10.8 Å². The first-order chi connectivity index (χ1) is 10.1. The largest absolute Gasteiger partial charge is 0.319 e. The van der Waals surface area contributed by atoms with Crippen LogP contribution in [0.5, 0.6) is 0 Å². The van der Waals surface area contributed by atoms with E-state index in [-0.39, 0.29) is 11.6 Å². The van der Waals surface area contributed by atoms with E-state index in [2.05, 4.69) is 15.3 Å². The summed E-state index contributed by atoms with van der Waals surface area (Å²) in [4.78, 5) is 20.5. The second-order valence-electron chi connectivity index (χ2n) is 4.66. The third-order valence-electron chi connectivity index (χ3n) is 3.10. The lowest BCUT2D eigenvalue weighted by Gasteiger charge is -2.07. The van der Waals surface area contributed by atoms with Crippen LogP contribution in [0.3, 0.4) is 0 Å². The molecule has 4 nitrogen and oxygen atoms in total. The van der Waals surface area contributed by atoms with Crippen LogP contribution in [0.25, 0.3) is 10.8 Å². The van der Waals surface area contributed by atoms with Gasteiger partial charge in [0.25, 0.3) is 5.91 Å². The SMILES string of the molecule is Cc1ccc(NC(=O)c2cc3ccccc3c(Cl)n2)cn1. The van der Waals surface area contributed by atoms with Gasteiger partial charge in [0.15, 0.2) is 0 Å². The molecule has 0 aliphatic heterocycles. The van der Waals surface area contributed by atoms with Gasteiger partial charge in [-0.05, 0) is 30.5 Å². The van der Waals surface area contributed by atoms with Gasteiger partial charge in [-0.3, -0.25) is 9.78 Å². The zero-order valence-corrected chi connectivity index (χ0v) is 12.1. The molecule has 1 amide bonds. The van der Waals surface area contributed by atoms with Gasteiger partial charge >= 0.3 is 0 Å². The molecule has 0 aliphatic carbocycles. The standard InChI is InChI=1S/C16H12ClN3O/c1-10-6-7-12(9-18-10)19-16(21)14-8-11-4-2-3-5-13(11)15(17)20-14/h2-9H,1H3,(H,19,21). The minimum absolute atomic E-state index is 0.277. The lowest BCUT2D eigenvalue weighted by molar-refractivity contribution is 0.102. The Kier molecular flexibility index (Phi) is 3.54. The number of aryl methyl sites for hydroxylation is 1. The molecule has 1 aromatic carbocycles. The number of rotatable bonds is 2. The molecule has 1 N–H and O–H groups in total. The quantitative estimate of drug-likeness (QED) is 0.731. The number of benzene rings is 1. The predicted octanol–water partition coefficient (Wildman–Crippen LogP) is 3.84. The number of pyridine rings is 2. The Morgan fingerprint density at radius 2 is 2.00 bits per heavy atom. The maximum atomic E-state index is 12.2. The van der Waals surface area contributed by atoms with Gasteiger partial charge in [-0.1, -0.05) is 35.9 Å². The van der Waals surface area contributed by atoms with Crippen LogP contribution in [-0.4, -0.2) is 15.9 Å². The van der Waals surface area contributed by atoms with Crippen molar-refractivity contribution >= 4 is 34.0 Å². The molecule has 0 saturated heterocycles. The van der Waals surface area contributed by atoms with Crippen molar-refractivity contribution in [2.24, 2.45) is 0 Å². The molecule has 3 rings (SSSR count). The van der Waals surface area contributed by atoms with Crippen molar-refractivity contribution in [2.45, 2.75) is 6.92 Å². The maximum Gasteiger partial charge on any atom is 0.274 e. The van der Waals surface area contributed by atoms with Crippen molar-refractivity contribution in [1.82, 2.24) is 9.97 Å². The van der Waals surface area contributed by atoms with Gasteiger partial charge in [0.2, 0.25) is 0 Å². The summed E-state index contributed by atoms with van der Waals surface area (Å²) in [5.74, 6) is -0.312. The van der Waals surface area contributed by atoms with Crippen molar-refractivity contribution < 1.29 is 4.79 Å². The Bertz CT molecular complexity index is 815. The average molecular weight is 298 g/mol. The summed E-state index contributed by atoms with van der Waals surface area (Å²) in [7, 11) is 0. The Hall–Kier alpha value is -2.46. The minimum atomic E-state index is -0.312. The molecule has 21 heavy (non-hydrogen) atoms. The molecule has 0 radical (unpaired) electrons. The Morgan fingerprint density at radius 1 is 1.19 bits per heavy atom. The number of nitrogens with zero attached hydrogens (tertiary/aromatic N) is 2. The third-order valence-corrected chi connectivity index (χ3v) is 3.38. The number of fused-ring (bicyclic) bond motifs is 1. The molecule has 0 unspecified atom stereocenters. The van der Waals surface area contributed by atoms with Crippen molar-refractivity contribution in [2.75, 3.05) is 5.32 Å². The van der Waals surface area contributed by atoms with Crippen LogP contribution in [0.2, 0.25) is 5.15 Å². The van der Waals surface area contributed by atoms with E-state index in [4.69, 9.17) is 11.6 Å². The molecule has 2 aromatic heterocycles. The molecule has 0 atom stereocenters. The van der Waals surface area contributed by atoms with Gasteiger partial charge in [0, 0.05) is 11.1 Å². The Labute approximate surface area is 126 Å². The van der Waals surface area contributed by atoms with E-state index in [1.54, 1.807) is 18.3 Å². The molecule has 104 valence electrons. The molecule has 0 aliphatic rings. The summed E-state index contributed by atoms with van der Waals surface area (Å²) in [5, 5.41) is 4.78. The lowest BCUT2D eigenvalue weighted by atomic mass is 10.1. The number of hydrogen-bond acceptors (Lipinski definition) is 3. The van der Waals surface area contributed by atoms with Crippen LogP contribution in [0, 0.1) is 6.92 Å². The summed E-state index contributed by atoms with van der Waals surface area (Å²) in [6, 6.07) is 12.9. The van der Waals surface area contributed by atoms with Gasteiger partial charge < -0.3 is 5.32 Å². The summed E-state index contributed by atoms with van der Waals surface area (Å²) >= 11 is 6.13. The highest BCUT2D eigenvalue weighted by molar-refractivity contribution is 6.34. The average Bonchev–Trinajstić information content (AvgIpc) is 2.49. The maximum absolute atomic E-state index is 12.2. The molecule has 0 bridgehead atoms. The fraction of sp³-hybridized carbons (Fsp3) is 0.0625. The fourth-order valence-corrected chi connectivity index (χ4v) is 2.27. The van der Waals surface area contributed by atoms with Crippen molar-refractivity contribution in [1.29, 1.82) is 0 Å². The van der Waals surface area contributed by atoms with Crippen LogP contribution in [0.15, 0.2) is 48.7 Å². The van der Waals surface area contributed by atoms with Gasteiger partial charge in [-0.2, -0.15) is 0 Å². The van der Waals surface area contributed by atoms with Crippen LogP contribution < -0.4 is 5.32 Å². The predicted molar refractivity (Wildman–Crippen MR) is 83.7 cm³/mol. The zero-order chi connectivity index (χ0) is 14.8. The van der Waals surface area contributed by atoms with E-state index in [1.165, 1.54) is 0 Å². The van der Waals surface area contributed by atoms with Crippen LogP contribution in [-0.2, 0) is 0 Å². The van der Waals surface area contributed by atoms with E-state index in [0.717, 1.165) is 16.5 Å². The monoisotopic (exact) mass is 297 g/mol. The highest BCUT2D eigenvalue weighted by Gasteiger charge is 2.11. The Morgan fingerprint density at radius 3 is 2.76 bits per heavy atom. The first-order valence-corrected chi connectivity index (χ1v) is 6.80. The summed E-state index contributed by atoms with van der Waals surface area (Å²) in [6.07, 6.45) is 1.61. The van der Waals surface area contributed by atoms with E-state index in [0.29, 0.717) is 10.8 Å². The summed E-state index contributed by atoms with van der Waals surface area (Å²) < 4.78 is 0. The highest BCUT2D eigenvalue weighted by atomic mass is 35.5. The number of anilines is 1. The molecular weight excluding hydrogens is 286 g/mol. The second-order valence-corrected chi connectivity index (χ2v) is 5.02. The highest BCUT2D eigenvalue weighted by Crippen LogP contribution is 2.22. The first kappa shape index (κ1) is 13.5. The molecule has 0 fully saturated rings. The summed E-state index contributed by atoms with van der Waals surface area (Å²) in [6.45, 7) is 1.89. The molecule has 3 aromatic rings. The first-order valence-electron chi connectivity index (χ1n) is 6.43. The third kappa shape index (κ3) is 2.85. The number of aromatic nitrogens is 2. The number of carbonyl (C=O) groups is 1. The van der Waals surface area contributed by atoms with Crippen LogP contribution in [0.4, 0.5) is 5.69 Å². The molecule has 2 heterocycles. The smallest absolute Gasteiger partial charge is 0.274 e. The molecule has 0 saturated carbocycles. The topological polar surface area (TPSA) is 54.9 Å². The number of halogens is 1. The molecular formula is C16H12ClN3O. The van der Waals surface area contributed by atoms with Crippen LogP contribution in [0.1, 0.15) is 16.2 Å². The number of hydrogen-bond donors (Lipinski definition) is 1. The minimum Gasteiger partial charge on any atom is -0.319 e. The van der Waals surface area contributed by atoms with Crippen LogP contribution >= 0.6 is 11.6 Å². The zero-order valence-electron chi connectivity index (χ0n) is 11.3. The van der Waals surface area contributed by atoms with E-state index >= 15 is 0 Å². The van der Waals surface area contributed by atoms with Crippen molar-refractivity contribution in [3.63, 3.8) is 0 Å². The van der Waals surface area contributed by atoms with E-state index in [1.807, 2.05) is 37.3 Å². The second kappa shape index (κ2) is 5.50. The molecule has 5 heteroatoms. The van der Waals surface area contributed by atoms with E-state index in [9.17, 15) is 4.79 Å². The van der Waals surface area contributed by atoms with Gasteiger partial charge in [-0.15, -0.1) is 0 Å². The fourth-order valence-electron chi connectivity index (χ4n) is 2.01. The number of amides is 1. The van der Waals surface area contributed by atoms with Gasteiger partial charge in [-0.25, -0.2) is 4.98 Å². The van der Waals surface area contributed by atoms with Crippen molar-refractivity contribution in [3.05, 3.63) is 65.2 Å². The number of carbonyl (C=O) groups excluding carboxylic acids is 1. The van der Waals surface area contributed by atoms with Gasteiger partial charge in [0.05, 0.1) is 11.9 Å². The normalized spacial score (nSPS) is 10.6. The van der Waals surface area contributed by atoms with Crippen molar-refractivity contribution in [3.8, 4) is 0 Å². The number of nitrogens with one attached hydrogen (secondary N) is 1.